The Hall–Kier alpha value is -1.51. The average Bonchev–Trinajstić information content (AvgIpc) is 2.88. The molecule has 0 aromatic heterocycles. The standard InChI is InChI=1S/C15H20FN3O3S/c16-12-2-1-11(10-17)13(9-12)23(21,22)19-7-4-15(5-8-19)3-6-18-14(15)20/h1-2,9H,3-8,10,17H2,(H,18,20). The second kappa shape index (κ2) is 5.85. The fourth-order valence-corrected chi connectivity index (χ4v) is 5.11. The summed E-state index contributed by atoms with van der Waals surface area (Å²) < 4.78 is 40.4. The van der Waals surface area contributed by atoms with Gasteiger partial charge in [0.15, 0.2) is 0 Å². The minimum atomic E-state index is -3.81. The summed E-state index contributed by atoms with van der Waals surface area (Å²) in [6.45, 7) is 1.19. The Morgan fingerprint density at radius 1 is 1.26 bits per heavy atom. The second-order valence-corrected chi connectivity index (χ2v) is 8.05. The maximum atomic E-state index is 13.5. The predicted molar refractivity (Wildman–Crippen MR) is 82.3 cm³/mol. The number of nitrogens with one attached hydrogen (secondary N) is 1. The predicted octanol–water partition coefficient (Wildman–Crippen LogP) is 0.575. The number of nitrogens with zero attached hydrogens (tertiary/aromatic N) is 1. The summed E-state index contributed by atoms with van der Waals surface area (Å²) in [5.74, 6) is -0.590. The van der Waals surface area contributed by atoms with Crippen LogP contribution in [0.5, 0.6) is 0 Å². The number of piperidine rings is 1. The second-order valence-electron chi connectivity index (χ2n) is 6.15. The molecule has 1 amide bonds. The topological polar surface area (TPSA) is 92.5 Å². The Bertz CT molecular complexity index is 727. The van der Waals surface area contributed by atoms with Crippen LogP contribution in [0.2, 0.25) is 0 Å². The minimum absolute atomic E-state index is 0.0166. The van der Waals surface area contributed by atoms with Crippen molar-refractivity contribution in [2.75, 3.05) is 19.6 Å². The normalized spacial score (nSPS) is 21.6. The third kappa shape index (κ3) is 2.75. The SMILES string of the molecule is NCc1ccc(F)cc1S(=O)(=O)N1CCC2(CCNC2=O)CC1. The Morgan fingerprint density at radius 3 is 2.52 bits per heavy atom. The molecule has 3 N–H and O–H groups in total. The van der Waals surface area contributed by atoms with E-state index in [9.17, 15) is 17.6 Å². The van der Waals surface area contributed by atoms with Gasteiger partial charge in [-0.1, -0.05) is 6.07 Å². The lowest BCUT2D eigenvalue weighted by Gasteiger charge is -2.36. The molecule has 2 fully saturated rings. The van der Waals surface area contributed by atoms with Gasteiger partial charge in [0.2, 0.25) is 15.9 Å². The molecule has 8 heteroatoms. The number of carbonyl (C=O) groups is 1. The minimum Gasteiger partial charge on any atom is -0.356 e. The van der Waals surface area contributed by atoms with E-state index in [0.717, 1.165) is 12.5 Å². The molecule has 1 spiro atoms. The lowest BCUT2D eigenvalue weighted by molar-refractivity contribution is -0.129. The molecule has 0 bridgehead atoms. The first-order valence-corrected chi connectivity index (χ1v) is 9.10. The van der Waals surface area contributed by atoms with E-state index in [2.05, 4.69) is 5.32 Å². The van der Waals surface area contributed by atoms with Crippen molar-refractivity contribution in [2.45, 2.75) is 30.7 Å². The van der Waals surface area contributed by atoms with E-state index in [1.165, 1.54) is 16.4 Å². The van der Waals surface area contributed by atoms with Crippen LogP contribution in [0, 0.1) is 11.2 Å². The summed E-state index contributed by atoms with van der Waals surface area (Å²) in [5, 5.41) is 2.82. The van der Waals surface area contributed by atoms with Crippen LogP contribution in [0.15, 0.2) is 23.1 Å². The molecule has 0 unspecified atom stereocenters. The van der Waals surface area contributed by atoms with E-state index in [1.54, 1.807) is 0 Å². The van der Waals surface area contributed by atoms with E-state index < -0.39 is 21.3 Å². The number of nitrogens with two attached hydrogens (primary N) is 1. The quantitative estimate of drug-likeness (QED) is 0.841. The number of halogens is 1. The van der Waals surface area contributed by atoms with Crippen molar-refractivity contribution in [2.24, 2.45) is 11.1 Å². The number of sulfonamides is 1. The fourth-order valence-electron chi connectivity index (χ4n) is 3.42. The van der Waals surface area contributed by atoms with Gasteiger partial charge in [0.1, 0.15) is 5.82 Å². The van der Waals surface area contributed by atoms with Gasteiger partial charge in [-0.25, -0.2) is 12.8 Å². The van der Waals surface area contributed by atoms with E-state index in [4.69, 9.17) is 5.73 Å². The molecule has 0 saturated carbocycles. The Labute approximate surface area is 134 Å². The lowest BCUT2D eigenvalue weighted by atomic mass is 9.78. The van der Waals surface area contributed by atoms with Gasteiger partial charge >= 0.3 is 0 Å². The summed E-state index contributed by atoms with van der Waals surface area (Å²) >= 11 is 0. The van der Waals surface area contributed by atoms with Crippen LogP contribution in [0.3, 0.4) is 0 Å². The number of hydrogen-bond donors (Lipinski definition) is 2. The highest BCUT2D eigenvalue weighted by Crippen LogP contribution is 2.39. The molecule has 6 nitrogen and oxygen atoms in total. The molecule has 1 aromatic carbocycles. The highest BCUT2D eigenvalue weighted by atomic mass is 32.2. The highest BCUT2D eigenvalue weighted by Gasteiger charge is 2.46. The van der Waals surface area contributed by atoms with Gasteiger partial charge in [0.25, 0.3) is 0 Å². The largest absolute Gasteiger partial charge is 0.356 e. The van der Waals surface area contributed by atoms with E-state index in [1.807, 2.05) is 0 Å². The van der Waals surface area contributed by atoms with Gasteiger partial charge in [0, 0.05) is 26.2 Å². The van der Waals surface area contributed by atoms with Crippen LogP contribution in [0.1, 0.15) is 24.8 Å². The highest BCUT2D eigenvalue weighted by molar-refractivity contribution is 7.89. The zero-order valence-corrected chi connectivity index (χ0v) is 13.5. The van der Waals surface area contributed by atoms with Crippen molar-refractivity contribution in [3.05, 3.63) is 29.6 Å². The van der Waals surface area contributed by atoms with Crippen molar-refractivity contribution in [3.63, 3.8) is 0 Å². The Morgan fingerprint density at radius 2 is 1.96 bits per heavy atom. The molecular formula is C15H20FN3O3S. The van der Waals surface area contributed by atoms with Crippen molar-refractivity contribution in [3.8, 4) is 0 Å². The number of rotatable bonds is 3. The smallest absolute Gasteiger partial charge is 0.243 e. The zero-order valence-electron chi connectivity index (χ0n) is 12.7. The van der Waals surface area contributed by atoms with Crippen molar-refractivity contribution in [1.82, 2.24) is 9.62 Å². The molecule has 3 rings (SSSR count). The zero-order chi connectivity index (χ0) is 16.7. The monoisotopic (exact) mass is 341 g/mol. The summed E-state index contributed by atoms with van der Waals surface area (Å²) in [7, 11) is -3.81. The molecule has 2 saturated heterocycles. The first kappa shape index (κ1) is 16.4. The molecule has 2 aliphatic heterocycles. The first-order valence-electron chi connectivity index (χ1n) is 7.66. The molecule has 0 atom stereocenters. The van der Waals surface area contributed by atoms with E-state index in [0.29, 0.717) is 24.9 Å². The average molecular weight is 341 g/mol. The summed E-state index contributed by atoms with van der Waals surface area (Å²) in [5.41, 5.74) is 5.54. The van der Waals surface area contributed by atoms with E-state index >= 15 is 0 Å². The summed E-state index contributed by atoms with van der Waals surface area (Å²) in [6.07, 6.45) is 1.73. The summed E-state index contributed by atoms with van der Waals surface area (Å²) in [6, 6.07) is 3.62. The van der Waals surface area contributed by atoms with Crippen molar-refractivity contribution < 1.29 is 17.6 Å². The van der Waals surface area contributed by atoms with Crippen LogP contribution in [-0.4, -0.2) is 38.3 Å². The molecule has 1 aromatic rings. The third-order valence-electron chi connectivity index (χ3n) is 4.92. The van der Waals surface area contributed by atoms with Gasteiger partial charge < -0.3 is 11.1 Å². The Kier molecular flexibility index (Phi) is 4.16. The molecule has 0 aliphatic carbocycles. The van der Waals surface area contributed by atoms with Gasteiger partial charge in [-0.2, -0.15) is 4.31 Å². The fraction of sp³-hybridized carbons (Fsp3) is 0.533. The van der Waals surface area contributed by atoms with Crippen LogP contribution in [0.25, 0.3) is 0 Å². The lowest BCUT2D eigenvalue weighted by Crippen LogP contribution is -2.46. The molecule has 23 heavy (non-hydrogen) atoms. The third-order valence-corrected chi connectivity index (χ3v) is 6.90. The maximum absolute atomic E-state index is 13.5. The molecule has 2 heterocycles. The number of hydrogen-bond acceptors (Lipinski definition) is 4. The van der Waals surface area contributed by atoms with Crippen LogP contribution in [0.4, 0.5) is 4.39 Å². The molecule has 0 radical (unpaired) electrons. The molecular weight excluding hydrogens is 321 g/mol. The van der Waals surface area contributed by atoms with Crippen molar-refractivity contribution in [1.29, 1.82) is 0 Å². The van der Waals surface area contributed by atoms with E-state index in [-0.39, 0.29) is 30.4 Å². The molecule has 2 aliphatic rings. The first-order chi connectivity index (χ1) is 10.9. The van der Waals surface area contributed by atoms with Crippen LogP contribution >= 0.6 is 0 Å². The number of amides is 1. The Balaban J connectivity index is 1.85. The number of carbonyl (C=O) groups excluding carboxylic acids is 1. The van der Waals surface area contributed by atoms with Crippen LogP contribution < -0.4 is 11.1 Å². The van der Waals surface area contributed by atoms with Gasteiger partial charge in [-0.05, 0) is 37.0 Å². The van der Waals surface area contributed by atoms with Crippen LogP contribution in [-0.2, 0) is 21.4 Å². The number of benzene rings is 1. The van der Waals surface area contributed by atoms with Gasteiger partial charge in [0.05, 0.1) is 10.3 Å². The van der Waals surface area contributed by atoms with Gasteiger partial charge in [-0.3, -0.25) is 4.79 Å². The summed E-state index contributed by atoms with van der Waals surface area (Å²) in [4.78, 5) is 11.9. The molecule has 126 valence electrons. The van der Waals surface area contributed by atoms with Crippen molar-refractivity contribution >= 4 is 15.9 Å². The van der Waals surface area contributed by atoms with Gasteiger partial charge in [-0.15, -0.1) is 0 Å². The maximum Gasteiger partial charge on any atom is 0.243 e.